The monoisotopic (exact) mass is 432 g/mol. The van der Waals surface area contributed by atoms with Gasteiger partial charge in [0.2, 0.25) is 5.91 Å². The largest absolute Gasteiger partial charge is 0.324 e. The summed E-state index contributed by atoms with van der Waals surface area (Å²) >= 11 is 5.97. The van der Waals surface area contributed by atoms with Crippen LogP contribution in [0.2, 0.25) is 5.02 Å². The van der Waals surface area contributed by atoms with Crippen molar-refractivity contribution in [2.45, 2.75) is 36.5 Å². The van der Waals surface area contributed by atoms with Crippen LogP contribution in [0.25, 0.3) is 0 Å². The summed E-state index contributed by atoms with van der Waals surface area (Å²) in [5, 5.41) is 8.74. The standard InChI is InChI=1S/C20H21ClN4O3S/c1-20(2,3)25-24-16(18(26)22-13-8-6-7-12(21)11-13)17-19(27)23-14-9-4-5-10-15(14)29(17)28/h4-11,17,25H,1-3H3,(H,22,26)(H,23,27)/b24-16+/t17-,29-/m0/s1. The third kappa shape index (κ3) is 5.02. The Morgan fingerprint density at radius 3 is 2.59 bits per heavy atom. The Kier molecular flexibility index (Phi) is 6.04. The van der Waals surface area contributed by atoms with Gasteiger partial charge in [0.05, 0.1) is 21.4 Å². The number of carbonyl (C=O) groups is 2. The van der Waals surface area contributed by atoms with Crippen LogP contribution in [0, 0.1) is 0 Å². The Bertz CT molecular complexity index is 1020. The first-order chi connectivity index (χ1) is 13.7. The third-order valence-corrected chi connectivity index (χ3v) is 5.78. The molecule has 0 unspecified atom stereocenters. The fourth-order valence-electron chi connectivity index (χ4n) is 2.61. The maximum Gasteiger partial charge on any atom is 0.273 e. The zero-order valence-corrected chi connectivity index (χ0v) is 17.7. The number of benzene rings is 2. The summed E-state index contributed by atoms with van der Waals surface area (Å²) in [6, 6.07) is 13.4. The van der Waals surface area contributed by atoms with E-state index >= 15 is 0 Å². The molecule has 0 aromatic heterocycles. The van der Waals surface area contributed by atoms with Gasteiger partial charge in [0, 0.05) is 16.2 Å². The smallest absolute Gasteiger partial charge is 0.273 e. The van der Waals surface area contributed by atoms with E-state index in [2.05, 4.69) is 21.2 Å². The number of rotatable bonds is 4. The van der Waals surface area contributed by atoms with Crippen LogP contribution < -0.4 is 16.1 Å². The molecule has 152 valence electrons. The first-order valence-electron chi connectivity index (χ1n) is 8.88. The number of hydrazone groups is 1. The van der Waals surface area contributed by atoms with Crippen molar-refractivity contribution < 1.29 is 13.8 Å². The molecular formula is C20H21ClN4O3S. The quantitative estimate of drug-likeness (QED) is 0.510. The van der Waals surface area contributed by atoms with Crippen molar-refractivity contribution in [3.63, 3.8) is 0 Å². The van der Waals surface area contributed by atoms with Gasteiger partial charge >= 0.3 is 0 Å². The Hall–Kier alpha value is -2.71. The van der Waals surface area contributed by atoms with Crippen molar-refractivity contribution in [1.29, 1.82) is 0 Å². The lowest BCUT2D eigenvalue weighted by Gasteiger charge is -2.26. The summed E-state index contributed by atoms with van der Waals surface area (Å²) in [5.74, 6) is -1.20. The number of nitrogens with zero attached hydrogens (tertiary/aromatic N) is 1. The number of carbonyl (C=O) groups excluding carboxylic acids is 2. The normalized spacial score (nSPS) is 19.2. The summed E-state index contributed by atoms with van der Waals surface area (Å²) in [7, 11) is -1.79. The molecule has 7 nitrogen and oxygen atoms in total. The average molecular weight is 433 g/mol. The van der Waals surface area contributed by atoms with Gasteiger partial charge in [-0.1, -0.05) is 29.8 Å². The van der Waals surface area contributed by atoms with E-state index in [-0.39, 0.29) is 5.71 Å². The predicted molar refractivity (Wildman–Crippen MR) is 116 cm³/mol. The van der Waals surface area contributed by atoms with Crippen LogP contribution >= 0.6 is 11.6 Å². The second kappa shape index (κ2) is 8.34. The van der Waals surface area contributed by atoms with Crippen LogP contribution in [-0.4, -0.2) is 32.5 Å². The Balaban J connectivity index is 1.98. The molecule has 2 atom stereocenters. The molecular weight excluding hydrogens is 412 g/mol. The first kappa shape index (κ1) is 21.0. The van der Waals surface area contributed by atoms with Crippen molar-refractivity contribution >= 4 is 51.3 Å². The lowest BCUT2D eigenvalue weighted by molar-refractivity contribution is -0.116. The highest BCUT2D eigenvalue weighted by molar-refractivity contribution is 7.88. The molecule has 2 aromatic carbocycles. The fraction of sp³-hybridized carbons (Fsp3) is 0.250. The van der Waals surface area contributed by atoms with Crippen LogP contribution in [0.15, 0.2) is 58.5 Å². The van der Waals surface area contributed by atoms with E-state index in [1.54, 1.807) is 48.5 Å². The number of nitrogens with one attached hydrogen (secondary N) is 3. The second-order valence-corrected chi connectivity index (χ2v) is 9.43. The predicted octanol–water partition coefficient (Wildman–Crippen LogP) is 3.15. The summed E-state index contributed by atoms with van der Waals surface area (Å²) in [4.78, 5) is 26.2. The maximum absolute atomic E-state index is 13.1. The number of anilines is 2. The first-order valence-corrected chi connectivity index (χ1v) is 10.5. The number of hydrogen-bond acceptors (Lipinski definition) is 5. The Morgan fingerprint density at radius 1 is 1.17 bits per heavy atom. The zero-order chi connectivity index (χ0) is 21.2. The molecule has 0 spiro atoms. The summed E-state index contributed by atoms with van der Waals surface area (Å²) in [6.45, 7) is 5.57. The van der Waals surface area contributed by atoms with E-state index in [1.807, 2.05) is 20.8 Å². The molecule has 3 N–H and O–H groups in total. The zero-order valence-electron chi connectivity index (χ0n) is 16.2. The number of fused-ring (bicyclic) bond motifs is 1. The van der Waals surface area contributed by atoms with E-state index in [1.165, 1.54) is 0 Å². The average Bonchev–Trinajstić information content (AvgIpc) is 2.63. The highest BCUT2D eigenvalue weighted by Crippen LogP contribution is 2.28. The van der Waals surface area contributed by atoms with Crippen molar-refractivity contribution in [2.24, 2.45) is 5.10 Å². The summed E-state index contributed by atoms with van der Waals surface area (Å²) in [5.41, 5.74) is 3.11. The van der Waals surface area contributed by atoms with Crippen molar-refractivity contribution in [3.05, 3.63) is 53.6 Å². The van der Waals surface area contributed by atoms with E-state index in [9.17, 15) is 13.8 Å². The lowest BCUT2D eigenvalue weighted by atomic mass is 10.1. The van der Waals surface area contributed by atoms with Gasteiger partial charge < -0.3 is 16.1 Å². The maximum atomic E-state index is 13.1. The molecule has 0 bridgehead atoms. The van der Waals surface area contributed by atoms with Crippen LogP contribution in [0.3, 0.4) is 0 Å². The van der Waals surface area contributed by atoms with Gasteiger partial charge in [0.25, 0.3) is 5.91 Å². The van der Waals surface area contributed by atoms with Gasteiger partial charge in [0.1, 0.15) is 0 Å². The molecule has 1 aliphatic rings. The molecule has 3 rings (SSSR count). The summed E-state index contributed by atoms with van der Waals surface area (Å²) < 4.78 is 13.1. The lowest BCUT2D eigenvalue weighted by Crippen LogP contribution is -2.48. The molecule has 29 heavy (non-hydrogen) atoms. The molecule has 2 amide bonds. The van der Waals surface area contributed by atoms with Gasteiger partial charge in [0.15, 0.2) is 11.0 Å². The molecule has 1 heterocycles. The minimum absolute atomic E-state index is 0.176. The molecule has 0 radical (unpaired) electrons. The SMILES string of the molecule is CC(C)(C)N/N=C(/C(=O)Nc1cccc(Cl)c1)[C@H]1C(=O)Nc2ccccc2[S@@]1=O. The van der Waals surface area contributed by atoms with Crippen molar-refractivity contribution in [1.82, 2.24) is 5.43 Å². The minimum atomic E-state index is -1.79. The summed E-state index contributed by atoms with van der Waals surface area (Å²) in [6.07, 6.45) is 0. The minimum Gasteiger partial charge on any atom is -0.324 e. The van der Waals surface area contributed by atoms with Crippen LogP contribution in [0.1, 0.15) is 20.8 Å². The molecule has 0 saturated carbocycles. The van der Waals surface area contributed by atoms with Gasteiger partial charge in [-0.15, -0.1) is 0 Å². The van der Waals surface area contributed by atoms with Crippen molar-refractivity contribution in [2.75, 3.05) is 10.6 Å². The van der Waals surface area contributed by atoms with Gasteiger partial charge in [-0.3, -0.25) is 13.8 Å². The van der Waals surface area contributed by atoms with Crippen molar-refractivity contribution in [3.8, 4) is 0 Å². The van der Waals surface area contributed by atoms with Gasteiger partial charge in [-0.25, -0.2) is 0 Å². The highest BCUT2D eigenvalue weighted by atomic mass is 35.5. The van der Waals surface area contributed by atoms with E-state index in [4.69, 9.17) is 11.6 Å². The molecule has 0 saturated heterocycles. The van der Waals surface area contributed by atoms with E-state index in [0.717, 1.165) is 0 Å². The highest BCUT2D eigenvalue weighted by Gasteiger charge is 2.40. The number of amides is 2. The van der Waals surface area contributed by atoms with Crippen LogP contribution in [0.4, 0.5) is 11.4 Å². The number of para-hydroxylation sites is 1. The third-order valence-electron chi connectivity index (χ3n) is 3.89. The Morgan fingerprint density at radius 2 is 1.90 bits per heavy atom. The molecule has 1 aliphatic heterocycles. The molecule has 9 heteroatoms. The van der Waals surface area contributed by atoms with Gasteiger partial charge in [-0.05, 0) is 51.1 Å². The van der Waals surface area contributed by atoms with Crippen LogP contribution in [0.5, 0.6) is 0 Å². The van der Waals surface area contributed by atoms with E-state index < -0.39 is 33.4 Å². The van der Waals surface area contributed by atoms with Crippen LogP contribution in [-0.2, 0) is 20.4 Å². The topological polar surface area (TPSA) is 99.7 Å². The molecule has 0 fully saturated rings. The molecule has 2 aromatic rings. The molecule has 0 aliphatic carbocycles. The van der Waals surface area contributed by atoms with E-state index in [0.29, 0.717) is 21.3 Å². The second-order valence-electron chi connectivity index (χ2n) is 7.49. The number of halogens is 1. The number of hydrogen-bond donors (Lipinski definition) is 3. The van der Waals surface area contributed by atoms with Gasteiger partial charge in [-0.2, -0.15) is 5.10 Å². The fourth-order valence-corrected chi connectivity index (χ4v) is 4.22. The Labute approximate surface area is 176 Å².